The largest absolute Gasteiger partial charge is 0.455 e. The molecule has 0 saturated heterocycles. The molecule has 150 valence electrons. The molecule has 0 radical (unpaired) electrons. The van der Waals surface area contributed by atoms with E-state index in [4.69, 9.17) is 16.3 Å². The fourth-order valence-electron chi connectivity index (χ4n) is 2.62. The average Bonchev–Trinajstić information content (AvgIpc) is 2.66. The molecule has 0 aliphatic carbocycles. The zero-order valence-electron chi connectivity index (χ0n) is 15.8. The Kier molecular flexibility index (Phi) is 6.10. The van der Waals surface area contributed by atoms with E-state index in [-0.39, 0.29) is 16.5 Å². The molecule has 6 nitrogen and oxygen atoms in total. The third kappa shape index (κ3) is 5.28. The Morgan fingerprint density at radius 3 is 2.34 bits per heavy atom. The first-order valence-electron chi connectivity index (χ1n) is 8.68. The summed E-state index contributed by atoms with van der Waals surface area (Å²) >= 11 is 6.06. The van der Waals surface area contributed by atoms with Crippen LogP contribution in [0.25, 0.3) is 0 Å². The predicted molar refractivity (Wildman–Crippen MR) is 114 cm³/mol. The van der Waals surface area contributed by atoms with Crippen molar-refractivity contribution in [2.45, 2.75) is 18.7 Å². The number of anilines is 2. The first-order valence-corrected chi connectivity index (χ1v) is 10.5. The lowest BCUT2D eigenvalue weighted by atomic mass is 10.2. The Hall–Kier alpha value is -3.03. The Morgan fingerprint density at radius 2 is 1.69 bits per heavy atom. The zero-order chi connectivity index (χ0) is 21.0. The number of carbonyl (C=O) groups is 1. The molecule has 8 heteroatoms. The molecule has 3 aromatic rings. The smallest absolute Gasteiger partial charge is 0.262 e. The van der Waals surface area contributed by atoms with Gasteiger partial charge in [0.05, 0.1) is 10.6 Å². The van der Waals surface area contributed by atoms with Crippen LogP contribution in [0.5, 0.6) is 11.5 Å². The van der Waals surface area contributed by atoms with E-state index in [1.807, 2.05) is 18.2 Å². The van der Waals surface area contributed by atoms with Gasteiger partial charge in [-0.15, -0.1) is 0 Å². The number of halogens is 1. The van der Waals surface area contributed by atoms with Gasteiger partial charge in [0.1, 0.15) is 5.75 Å². The van der Waals surface area contributed by atoms with Crippen LogP contribution in [0.15, 0.2) is 71.6 Å². The van der Waals surface area contributed by atoms with Crippen LogP contribution in [-0.4, -0.2) is 14.3 Å². The van der Waals surface area contributed by atoms with Gasteiger partial charge < -0.3 is 10.1 Å². The molecule has 0 saturated carbocycles. The van der Waals surface area contributed by atoms with E-state index in [1.54, 1.807) is 37.3 Å². The maximum atomic E-state index is 12.9. The molecular weight excluding hydrogens is 412 g/mol. The minimum atomic E-state index is -3.91. The molecule has 1 amide bonds. The Balaban J connectivity index is 1.91. The van der Waals surface area contributed by atoms with E-state index in [9.17, 15) is 13.2 Å². The quantitative estimate of drug-likeness (QED) is 0.562. The van der Waals surface area contributed by atoms with Crippen molar-refractivity contribution in [2.24, 2.45) is 0 Å². The van der Waals surface area contributed by atoms with Gasteiger partial charge in [0.2, 0.25) is 5.91 Å². The second kappa shape index (κ2) is 8.55. The molecule has 0 fully saturated rings. The monoisotopic (exact) mass is 430 g/mol. The molecule has 0 atom stereocenters. The fraction of sp³-hybridized carbons (Fsp3) is 0.0952. The number of hydrogen-bond donors (Lipinski definition) is 2. The number of ether oxygens (including phenoxy) is 1. The molecule has 0 aliphatic heterocycles. The van der Waals surface area contributed by atoms with Gasteiger partial charge in [0.15, 0.2) is 5.75 Å². The van der Waals surface area contributed by atoms with Gasteiger partial charge in [-0.3, -0.25) is 9.52 Å². The number of carbonyl (C=O) groups excluding carboxylic acids is 1. The Labute approximate surface area is 174 Å². The lowest BCUT2D eigenvalue weighted by Gasteiger charge is -2.15. The van der Waals surface area contributed by atoms with Crippen LogP contribution in [-0.2, 0) is 14.8 Å². The summed E-state index contributed by atoms with van der Waals surface area (Å²) in [6.45, 7) is 3.10. The van der Waals surface area contributed by atoms with Crippen molar-refractivity contribution >= 4 is 38.9 Å². The zero-order valence-corrected chi connectivity index (χ0v) is 17.3. The molecule has 2 N–H and O–H groups in total. The van der Waals surface area contributed by atoms with Crippen LogP contribution >= 0.6 is 11.6 Å². The van der Waals surface area contributed by atoms with Gasteiger partial charge in [0, 0.05) is 17.6 Å². The second-order valence-electron chi connectivity index (χ2n) is 6.32. The highest BCUT2D eigenvalue weighted by Crippen LogP contribution is 2.33. The van der Waals surface area contributed by atoms with Crippen LogP contribution in [0.1, 0.15) is 12.5 Å². The van der Waals surface area contributed by atoms with Crippen molar-refractivity contribution in [3.05, 3.63) is 77.3 Å². The van der Waals surface area contributed by atoms with Crippen molar-refractivity contribution in [1.82, 2.24) is 0 Å². The van der Waals surface area contributed by atoms with Gasteiger partial charge in [0.25, 0.3) is 10.0 Å². The van der Waals surface area contributed by atoms with Crippen LogP contribution in [0.3, 0.4) is 0 Å². The molecule has 0 aromatic heterocycles. The number of sulfonamides is 1. The molecule has 0 aliphatic rings. The summed E-state index contributed by atoms with van der Waals surface area (Å²) in [6.07, 6.45) is 0. The number of hydrogen-bond acceptors (Lipinski definition) is 4. The average molecular weight is 431 g/mol. The van der Waals surface area contributed by atoms with Gasteiger partial charge in [-0.2, -0.15) is 0 Å². The lowest BCUT2D eigenvalue weighted by molar-refractivity contribution is -0.114. The Morgan fingerprint density at radius 1 is 0.966 bits per heavy atom. The second-order valence-corrected chi connectivity index (χ2v) is 8.44. The van der Waals surface area contributed by atoms with E-state index in [0.29, 0.717) is 27.8 Å². The van der Waals surface area contributed by atoms with Gasteiger partial charge in [-0.1, -0.05) is 29.8 Å². The molecule has 29 heavy (non-hydrogen) atoms. The van der Waals surface area contributed by atoms with E-state index in [1.165, 1.54) is 25.1 Å². The highest BCUT2D eigenvalue weighted by molar-refractivity contribution is 7.92. The molecule has 0 unspecified atom stereocenters. The summed E-state index contributed by atoms with van der Waals surface area (Å²) in [5.41, 5.74) is 1.38. The normalized spacial score (nSPS) is 11.0. The molecule has 0 heterocycles. The van der Waals surface area contributed by atoms with Crippen molar-refractivity contribution in [3.8, 4) is 11.5 Å². The molecule has 3 rings (SSSR count). The SMILES string of the molecule is CC(=O)Nc1ccc(S(=O)(=O)Nc2cc(Cl)ccc2Oc2ccccc2)cc1C. The van der Waals surface area contributed by atoms with E-state index >= 15 is 0 Å². The number of aryl methyl sites for hydroxylation is 1. The van der Waals surface area contributed by atoms with Crippen molar-refractivity contribution in [1.29, 1.82) is 0 Å². The highest BCUT2D eigenvalue weighted by Gasteiger charge is 2.18. The maximum Gasteiger partial charge on any atom is 0.262 e. The van der Waals surface area contributed by atoms with Gasteiger partial charge in [-0.05, 0) is 61.0 Å². The van der Waals surface area contributed by atoms with Crippen LogP contribution in [0, 0.1) is 6.92 Å². The third-order valence-electron chi connectivity index (χ3n) is 3.98. The molecule has 0 bridgehead atoms. The first-order chi connectivity index (χ1) is 13.7. The summed E-state index contributed by atoms with van der Waals surface area (Å²) < 4.78 is 34.1. The summed E-state index contributed by atoms with van der Waals surface area (Å²) in [5, 5.41) is 3.02. The minimum Gasteiger partial charge on any atom is -0.455 e. The van der Waals surface area contributed by atoms with Gasteiger partial charge >= 0.3 is 0 Å². The fourth-order valence-corrected chi connectivity index (χ4v) is 3.94. The van der Waals surface area contributed by atoms with Crippen LogP contribution in [0.4, 0.5) is 11.4 Å². The number of nitrogens with one attached hydrogen (secondary N) is 2. The van der Waals surface area contributed by atoms with Crippen molar-refractivity contribution in [3.63, 3.8) is 0 Å². The van der Waals surface area contributed by atoms with Gasteiger partial charge in [-0.25, -0.2) is 8.42 Å². The van der Waals surface area contributed by atoms with Crippen LogP contribution < -0.4 is 14.8 Å². The number of para-hydroxylation sites is 1. The Bertz CT molecular complexity index is 1150. The maximum absolute atomic E-state index is 12.9. The predicted octanol–water partition coefficient (Wildman–Crippen LogP) is 5.20. The topological polar surface area (TPSA) is 84.5 Å². The summed E-state index contributed by atoms with van der Waals surface area (Å²) in [7, 11) is -3.91. The minimum absolute atomic E-state index is 0.0507. The molecule has 0 spiro atoms. The molecule has 3 aromatic carbocycles. The molecular formula is C21H19ClN2O4S. The third-order valence-corrected chi connectivity index (χ3v) is 5.57. The van der Waals surface area contributed by atoms with E-state index in [2.05, 4.69) is 10.0 Å². The van der Waals surface area contributed by atoms with Crippen LogP contribution in [0.2, 0.25) is 5.02 Å². The van der Waals surface area contributed by atoms with E-state index in [0.717, 1.165) is 0 Å². The summed E-state index contributed by atoms with van der Waals surface area (Å²) in [5.74, 6) is 0.644. The standard InChI is InChI=1S/C21H19ClN2O4S/c1-14-12-18(9-10-19(14)23-15(2)25)29(26,27)24-20-13-16(22)8-11-21(20)28-17-6-4-3-5-7-17/h3-13,24H,1-2H3,(H,23,25). The lowest BCUT2D eigenvalue weighted by Crippen LogP contribution is -2.14. The highest BCUT2D eigenvalue weighted by atomic mass is 35.5. The number of benzene rings is 3. The summed E-state index contributed by atoms with van der Waals surface area (Å²) in [6, 6.07) is 18.1. The summed E-state index contributed by atoms with van der Waals surface area (Å²) in [4.78, 5) is 11.3. The van der Waals surface area contributed by atoms with E-state index < -0.39 is 10.0 Å². The first kappa shape index (κ1) is 20.7. The van der Waals surface area contributed by atoms with Crippen molar-refractivity contribution in [2.75, 3.05) is 10.0 Å². The van der Waals surface area contributed by atoms with Crippen molar-refractivity contribution < 1.29 is 17.9 Å². The number of rotatable bonds is 6. The number of amides is 1.